The van der Waals surface area contributed by atoms with Crippen molar-refractivity contribution < 1.29 is 22.4 Å². The summed E-state index contributed by atoms with van der Waals surface area (Å²) >= 11 is 0. The van der Waals surface area contributed by atoms with E-state index in [0.29, 0.717) is 16.6 Å². The minimum Gasteiger partial charge on any atom is -0.294 e. The van der Waals surface area contributed by atoms with E-state index in [9.17, 15) is 22.4 Å². The van der Waals surface area contributed by atoms with Crippen LogP contribution in [0.25, 0.3) is 10.9 Å². The minimum absolute atomic E-state index is 0.00882. The number of rotatable bonds is 5. The Morgan fingerprint density at radius 2 is 1.61 bits per heavy atom. The van der Waals surface area contributed by atoms with Crippen LogP contribution in [-0.2, 0) is 6.18 Å². The van der Waals surface area contributed by atoms with E-state index in [-0.39, 0.29) is 17.9 Å². The number of nitrogens with zero attached hydrogens (tertiary/aromatic N) is 2. The van der Waals surface area contributed by atoms with Crippen LogP contribution in [0.2, 0.25) is 0 Å². The van der Waals surface area contributed by atoms with Gasteiger partial charge in [0, 0.05) is 35.7 Å². The first-order valence-electron chi connectivity index (χ1n) is 9.48. The average Bonchev–Trinajstić information content (AvgIpc) is 2.77. The van der Waals surface area contributed by atoms with E-state index in [2.05, 4.69) is 9.97 Å². The van der Waals surface area contributed by atoms with Crippen LogP contribution >= 0.6 is 0 Å². The molecule has 1 atom stereocenters. The lowest BCUT2D eigenvalue weighted by Gasteiger charge is -2.18. The third kappa shape index (κ3) is 4.45. The molecule has 2 aromatic heterocycles. The Hall–Kier alpha value is -3.61. The highest BCUT2D eigenvalue weighted by Crippen LogP contribution is 2.34. The molecule has 0 saturated heterocycles. The van der Waals surface area contributed by atoms with Gasteiger partial charge in [0.1, 0.15) is 5.82 Å². The molecule has 156 valence electrons. The van der Waals surface area contributed by atoms with Crippen molar-refractivity contribution in [2.45, 2.75) is 18.5 Å². The van der Waals surface area contributed by atoms with Crippen molar-refractivity contribution in [2.24, 2.45) is 0 Å². The summed E-state index contributed by atoms with van der Waals surface area (Å²) in [5.41, 5.74) is 0.596. The number of halogens is 4. The van der Waals surface area contributed by atoms with Gasteiger partial charge in [-0.05, 0) is 42.0 Å². The number of carbonyl (C=O) groups excluding carboxylic acids is 1. The third-order valence-corrected chi connectivity index (χ3v) is 5.07. The molecule has 0 aliphatic heterocycles. The van der Waals surface area contributed by atoms with Gasteiger partial charge in [-0.3, -0.25) is 14.8 Å². The first-order chi connectivity index (χ1) is 14.8. The van der Waals surface area contributed by atoms with E-state index in [1.807, 2.05) is 6.07 Å². The lowest BCUT2D eigenvalue weighted by atomic mass is 9.87. The number of pyridine rings is 2. The maximum Gasteiger partial charge on any atom is 0.416 e. The fourth-order valence-corrected chi connectivity index (χ4v) is 3.47. The summed E-state index contributed by atoms with van der Waals surface area (Å²) < 4.78 is 53.3. The second kappa shape index (κ2) is 8.26. The van der Waals surface area contributed by atoms with E-state index in [1.165, 1.54) is 30.5 Å². The molecule has 0 bridgehead atoms. The van der Waals surface area contributed by atoms with Crippen molar-refractivity contribution in [3.05, 3.63) is 107 Å². The molecule has 2 aromatic carbocycles. The Kier molecular flexibility index (Phi) is 5.50. The molecule has 0 saturated carbocycles. The van der Waals surface area contributed by atoms with Crippen molar-refractivity contribution in [3.63, 3.8) is 0 Å². The van der Waals surface area contributed by atoms with Gasteiger partial charge < -0.3 is 0 Å². The lowest BCUT2D eigenvalue weighted by molar-refractivity contribution is -0.137. The lowest BCUT2D eigenvalue weighted by Crippen LogP contribution is -2.13. The van der Waals surface area contributed by atoms with Gasteiger partial charge in [0.15, 0.2) is 5.78 Å². The predicted octanol–water partition coefficient (Wildman–Crippen LogP) is 6.19. The molecule has 0 N–H and O–H groups in total. The van der Waals surface area contributed by atoms with Crippen molar-refractivity contribution >= 4 is 16.7 Å². The van der Waals surface area contributed by atoms with Gasteiger partial charge in [0.2, 0.25) is 0 Å². The van der Waals surface area contributed by atoms with E-state index < -0.39 is 23.5 Å². The van der Waals surface area contributed by atoms with Crippen LogP contribution in [0, 0.1) is 5.82 Å². The number of hydrogen-bond donors (Lipinski definition) is 0. The number of alkyl halides is 3. The Labute approximate surface area is 175 Å². The number of carbonyl (C=O) groups is 1. The number of ketones is 1. The highest BCUT2D eigenvalue weighted by atomic mass is 19.4. The van der Waals surface area contributed by atoms with Crippen molar-refractivity contribution in [2.75, 3.05) is 0 Å². The summed E-state index contributed by atoms with van der Waals surface area (Å²) in [5, 5.41) is 0.870. The molecule has 0 spiro atoms. The highest BCUT2D eigenvalue weighted by Gasteiger charge is 2.31. The molecular formula is C24H16F4N2O. The number of fused-ring (bicyclic) bond motifs is 1. The molecule has 4 aromatic rings. The summed E-state index contributed by atoms with van der Waals surface area (Å²) in [6.07, 6.45) is -1.64. The van der Waals surface area contributed by atoms with Crippen molar-refractivity contribution in [1.82, 2.24) is 9.97 Å². The molecule has 31 heavy (non-hydrogen) atoms. The topological polar surface area (TPSA) is 42.9 Å². The summed E-state index contributed by atoms with van der Waals surface area (Å²) in [6, 6.07) is 15.7. The maximum absolute atomic E-state index is 14.5. The van der Waals surface area contributed by atoms with Gasteiger partial charge in [-0.25, -0.2) is 4.39 Å². The smallest absolute Gasteiger partial charge is 0.294 e. The number of hydrogen-bond acceptors (Lipinski definition) is 3. The van der Waals surface area contributed by atoms with Gasteiger partial charge in [0.25, 0.3) is 0 Å². The number of benzene rings is 2. The van der Waals surface area contributed by atoms with Gasteiger partial charge in [0.05, 0.1) is 16.8 Å². The largest absolute Gasteiger partial charge is 0.416 e. The zero-order valence-corrected chi connectivity index (χ0v) is 16.1. The second-order valence-electron chi connectivity index (χ2n) is 7.08. The molecule has 3 nitrogen and oxygen atoms in total. The summed E-state index contributed by atoms with van der Waals surface area (Å²) in [4.78, 5) is 21.3. The fourth-order valence-electron chi connectivity index (χ4n) is 3.47. The predicted molar refractivity (Wildman–Crippen MR) is 108 cm³/mol. The summed E-state index contributed by atoms with van der Waals surface area (Å²) in [6.45, 7) is 0. The maximum atomic E-state index is 14.5. The van der Waals surface area contributed by atoms with Crippen LogP contribution in [-0.4, -0.2) is 15.8 Å². The SMILES string of the molecule is O=C(C[C@@H](c1ccc(C(F)(F)F)cc1)c1ncccc1F)c1ccc2cccnc2c1. The van der Waals surface area contributed by atoms with Gasteiger partial charge in [-0.2, -0.15) is 13.2 Å². The average molecular weight is 424 g/mol. The summed E-state index contributed by atoms with van der Waals surface area (Å²) in [7, 11) is 0. The standard InChI is InChI=1S/C24H16F4N2O/c25-20-4-2-12-30-23(20)19(15-7-9-18(10-8-15)24(26,27)28)14-22(31)17-6-5-16-3-1-11-29-21(16)13-17/h1-13,19H,14H2/t19-/m0/s1. The van der Waals surface area contributed by atoms with Crippen LogP contribution in [0.15, 0.2) is 79.1 Å². The van der Waals surface area contributed by atoms with Gasteiger partial charge in [-0.1, -0.05) is 30.3 Å². The van der Waals surface area contributed by atoms with E-state index in [0.717, 1.165) is 17.5 Å². The molecule has 0 aliphatic carbocycles. The van der Waals surface area contributed by atoms with E-state index in [4.69, 9.17) is 0 Å². The minimum atomic E-state index is -4.49. The molecule has 7 heteroatoms. The van der Waals surface area contributed by atoms with Crippen LogP contribution in [0.5, 0.6) is 0 Å². The molecule has 2 heterocycles. The monoisotopic (exact) mass is 424 g/mol. The molecule has 4 rings (SSSR count). The van der Waals surface area contributed by atoms with Crippen LogP contribution < -0.4 is 0 Å². The van der Waals surface area contributed by atoms with Crippen LogP contribution in [0.1, 0.15) is 39.5 Å². The molecule has 0 amide bonds. The molecule has 0 unspecified atom stereocenters. The van der Waals surface area contributed by atoms with Gasteiger partial charge >= 0.3 is 6.18 Å². The Morgan fingerprint density at radius 1 is 0.903 bits per heavy atom. The second-order valence-corrected chi connectivity index (χ2v) is 7.08. The first-order valence-corrected chi connectivity index (χ1v) is 9.48. The van der Waals surface area contributed by atoms with E-state index in [1.54, 1.807) is 30.5 Å². The molecular weight excluding hydrogens is 408 g/mol. The quantitative estimate of drug-likeness (QED) is 0.283. The highest BCUT2D eigenvalue weighted by molar-refractivity contribution is 5.99. The molecule has 0 radical (unpaired) electrons. The zero-order valence-electron chi connectivity index (χ0n) is 16.1. The van der Waals surface area contributed by atoms with Gasteiger partial charge in [-0.15, -0.1) is 0 Å². The normalized spacial score (nSPS) is 12.6. The number of Topliss-reactive ketones (excluding diaryl/α,β-unsaturated/α-hetero) is 1. The number of aromatic nitrogens is 2. The Balaban J connectivity index is 1.70. The molecule has 0 aliphatic rings. The van der Waals surface area contributed by atoms with Crippen molar-refractivity contribution in [1.29, 1.82) is 0 Å². The van der Waals surface area contributed by atoms with Crippen LogP contribution in [0.4, 0.5) is 17.6 Å². The van der Waals surface area contributed by atoms with E-state index >= 15 is 0 Å². The Bertz CT molecular complexity index is 1240. The first kappa shape index (κ1) is 20.7. The fraction of sp³-hybridized carbons (Fsp3) is 0.125. The third-order valence-electron chi connectivity index (χ3n) is 5.07. The Morgan fingerprint density at radius 3 is 2.32 bits per heavy atom. The van der Waals surface area contributed by atoms with Crippen molar-refractivity contribution in [3.8, 4) is 0 Å². The zero-order chi connectivity index (χ0) is 22.0. The van der Waals surface area contributed by atoms with Crippen LogP contribution in [0.3, 0.4) is 0 Å². The molecule has 0 fully saturated rings. The summed E-state index contributed by atoms with van der Waals surface area (Å²) in [5.74, 6) is -1.75.